The molecule has 0 radical (unpaired) electrons. The minimum Gasteiger partial charge on any atom is -0.369 e. The molecule has 1 fully saturated rings. The lowest BCUT2D eigenvalue weighted by Crippen LogP contribution is -2.25. The molecular formula is C14H16Cl2N4O. The Morgan fingerprint density at radius 3 is 2.81 bits per heavy atom. The molecule has 1 saturated carbocycles. The van der Waals surface area contributed by atoms with Crippen molar-refractivity contribution in [2.24, 2.45) is 0 Å². The van der Waals surface area contributed by atoms with Gasteiger partial charge in [-0.2, -0.15) is 0 Å². The summed E-state index contributed by atoms with van der Waals surface area (Å²) in [6.07, 6.45) is 3.39. The van der Waals surface area contributed by atoms with Gasteiger partial charge in [0, 0.05) is 19.0 Å². The Morgan fingerprint density at radius 2 is 2.10 bits per heavy atom. The lowest BCUT2D eigenvalue weighted by Gasteiger charge is -2.07. The number of nitrogens with two attached hydrogens (primary N) is 1. The number of nitrogens with zero attached hydrogens (tertiary/aromatic N) is 2. The van der Waals surface area contributed by atoms with E-state index >= 15 is 0 Å². The summed E-state index contributed by atoms with van der Waals surface area (Å²) in [5.74, 6) is 0.507. The van der Waals surface area contributed by atoms with Crippen molar-refractivity contribution >= 4 is 46.1 Å². The first-order chi connectivity index (χ1) is 10.0. The zero-order valence-electron chi connectivity index (χ0n) is 11.4. The molecular weight excluding hydrogens is 311 g/mol. The molecule has 0 atom stereocenters. The summed E-state index contributed by atoms with van der Waals surface area (Å²) in [5.41, 5.74) is 7.48. The molecule has 112 valence electrons. The summed E-state index contributed by atoms with van der Waals surface area (Å²) < 4.78 is 1.86. The molecule has 1 amide bonds. The molecule has 0 saturated heterocycles. The first-order valence-electron chi connectivity index (χ1n) is 6.94. The number of halogens is 2. The number of benzene rings is 1. The largest absolute Gasteiger partial charge is 0.369 e. The number of aromatic nitrogens is 2. The quantitative estimate of drug-likeness (QED) is 0.887. The normalized spacial score (nSPS) is 14.6. The number of nitrogens with one attached hydrogen (secondary N) is 1. The molecule has 7 heteroatoms. The average Bonchev–Trinajstić information content (AvgIpc) is 3.18. The average molecular weight is 327 g/mol. The van der Waals surface area contributed by atoms with Gasteiger partial charge < -0.3 is 15.6 Å². The number of hydrogen-bond donors (Lipinski definition) is 2. The minimum absolute atomic E-state index is 0.0987. The van der Waals surface area contributed by atoms with Crippen LogP contribution in [-0.2, 0) is 11.3 Å². The third-order valence-electron chi connectivity index (χ3n) is 3.55. The molecule has 3 rings (SSSR count). The van der Waals surface area contributed by atoms with Crippen molar-refractivity contribution in [2.75, 3.05) is 5.73 Å². The fourth-order valence-electron chi connectivity index (χ4n) is 2.30. The van der Waals surface area contributed by atoms with Gasteiger partial charge >= 0.3 is 0 Å². The molecule has 0 aliphatic heterocycles. The molecule has 0 spiro atoms. The van der Waals surface area contributed by atoms with Crippen molar-refractivity contribution in [3.63, 3.8) is 0 Å². The first kappa shape index (κ1) is 14.5. The van der Waals surface area contributed by atoms with Crippen LogP contribution in [0.1, 0.15) is 25.7 Å². The minimum atomic E-state index is 0.0987. The van der Waals surface area contributed by atoms with E-state index in [0.29, 0.717) is 46.9 Å². The van der Waals surface area contributed by atoms with Crippen molar-refractivity contribution in [3.8, 4) is 0 Å². The third kappa shape index (κ3) is 3.24. The maximum absolute atomic E-state index is 11.7. The van der Waals surface area contributed by atoms with Crippen LogP contribution in [0.2, 0.25) is 10.0 Å². The van der Waals surface area contributed by atoms with Crippen LogP contribution in [0.25, 0.3) is 11.0 Å². The lowest BCUT2D eigenvalue weighted by atomic mass is 10.2. The SMILES string of the molecule is Nc1nc2cc(Cl)c(Cl)cc2n1CCCC(=O)NC1CC1. The molecule has 5 nitrogen and oxygen atoms in total. The van der Waals surface area contributed by atoms with Gasteiger partial charge in [0.15, 0.2) is 0 Å². The number of imidazole rings is 1. The topological polar surface area (TPSA) is 72.9 Å². The summed E-state index contributed by atoms with van der Waals surface area (Å²) in [7, 11) is 0. The highest BCUT2D eigenvalue weighted by Gasteiger charge is 2.22. The van der Waals surface area contributed by atoms with Crippen LogP contribution < -0.4 is 11.1 Å². The van der Waals surface area contributed by atoms with Crippen LogP contribution in [0.3, 0.4) is 0 Å². The van der Waals surface area contributed by atoms with E-state index in [-0.39, 0.29) is 5.91 Å². The Bertz CT molecular complexity index is 694. The van der Waals surface area contributed by atoms with Crippen molar-refractivity contribution in [1.82, 2.24) is 14.9 Å². The Morgan fingerprint density at radius 1 is 1.38 bits per heavy atom. The Labute approximate surface area is 132 Å². The van der Waals surface area contributed by atoms with Gasteiger partial charge in [0.05, 0.1) is 21.1 Å². The van der Waals surface area contributed by atoms with Crippen molar-refractivity contribution in [1.29, 1.82) is 0 Å². The highest BCUT2D eigenvalue weighted by atomic mass is 35.5. The van der Waals surface area contributed by atoms with Crippen LogP contribution in [-0.4, -0.2) is 21.5 Å². The molecule has 2 aromatic rings. The second-order valence-electron chi connectivity index (χ2n) is 5.32. The zero-order valence-corrected chi connectivity index (χ0v) is 12.9. The van der Waals surface area contributed by atoms with Gasteiger partial charge in [-0.25, -0.2) is 4.98 Å². The predicted molar refractivity (Wildman–Crippen MR) is 84.6 cm³/mol. The van der Waals surface area contributed by atoms with Gasteiger partial charge in [0.2, 0.25) is 11.9 Å². The molecule has 0 bridgehead atoms. The van der Waals surface area contributed by atoms with Crippen molar-refractivity contribution in [3.05, 3.63) is 22.2 Å². The van der Waals surface area contributed by atoms with Gasteiger partial charge in [-0.3, -0.25) is 4.79 Å². The van der Waals surface area contributed by atoms with E-state index in [9.17, 15) is 4.79 Å². The molecule has 1 aliphatic carbocycles. The number of nitrogen functional groups attached to an aromatic ring is 1. The van der Waals surface area contributed by atoms with Crippen LogP contribution in [0.5, 0.6) is 0 Å². The Hall–Kier alpha value is -1.46. The molecule has 0 unspecified atom stereocenters. The van der Waals surface area contributed by atoms with Crippen LogP contribution >= 0.6 is 23.2 Å². The smallest absolute Gasteiger partial charge is 0.220 e. The number of carbonyl (C=O) groups excluding carboxylic acids is 1. The molecule has 1 aromatic heterocycles. The summed E-state index contributed by atoms with van der Waals surface area (Å²) in [4.78, 5) is 15.9. The summed E-state index contributed by atoms with van der Waals surface area (Å²) in [6.45, 7) is 0.623. The Kier molecular flexibility index (Phi) is 3.95. The number of fused-ring (bicyclic) bond motifs is 1. The molecule has 3 N–H and O–H groups in total. The number of carbonyl (C=O) groups is 1. The summed E-state index contributed by atoms with van der Waals surface area (Å²) in [6, 6.07) is 3.86. The third-order valence-corrected chi connectivity index (χ3v) is 4.27. The zero-order chi connectivity index (χ0) is 15.0. The molecule has 1 aliphatic rings. The molecule has 21 heavy (non-hydrogen) atoms. The van der Waals surface area contributed by atoms with Crippen molar-refractivity contribution < 1.29 is 4.79 Å². The van der Waals surface area contributed by atoms with Gasteiger partial charge in [-0.15, -0.1) is 0 Å². The van der Waals surface area contributed by atoms with Gasteiger partial charge in [-0.05, 0) is 31.4 Å². The number of amides is 1. The van der Waals surface area contributed by atoms with Gasteiger partial charge in [0.25, 0.3) is 0 Å². The predicted octanol–water partition coefficient (Wildman–Crippen LogP) is 2.98. The van der Waals surface area contributed by atoms with Crippen LogP contribution in [0, 0.1) is 0 Å². The van der Waals surface area contributed by atoms with Crippen LogP contribution in [0.4, 0.5) is 5.95 Å². The Balaban J connectivity index is 1.69. The second-order valence-corrected chi connectivity index (χ2v) is 6.14. The summed E-state index contributed by atoms with van der Waals surface area (Å²) >= 11 is 12.0. The van der Waals surface area contributed by atoms with E-state index in [1.165, 1.54) is 0 Å². The van der Waals surface area contributed by atoms with E-state index < -0.39 is 0 Å². The number of rotatable bonds is 5. The first-order valence-corrected chi connectivity index (χ1v) is 7.70. The standard InChI is InChI=1S/C14H16Cl2N4O/c15-9-6-11-12(7-10(9)16)20(14(17)19-11)5-1-2-13(21)18-8-3-4-8/h6-8H,1-5H2,(H2,17,19)(H,18,21). The monoisotopic (exact) mass is 326 g/mol. The number of anilines is 1. The van der Waals surface area contributed by atoms with E-state index in [4.69, 9.17) is 28.9 Å². The van der Waals surface area contributed by atoms with E-state index in [2.05, 4.69) is 10.3 Å². The lowest BCUT2D eigenvalue weighted by molar-refractivity contribution is -0.121. The summed E-state index contributed by atoms with van der Waals surface area (Å²) in [5, 5.41) is 3.89. The van der Waals surface area contributed by atoms with E-state index in [1.807, 2.05) is 4.57 Å². The van der Waals surface area contributed by atoms with Gasteiger partial charge in [-0.1, -0.05) is 23.2 Å². The van der Waals surface area contributed by atoms with Crippen LogP contribution in [0.15, 0.2) is 12.1 Å². The van der Waals surface area contributed by atoms with E-state index in [1.54, 1.807) is 12.1 Å². The highest BCUT2D eigenvalue weighted by molar-refractivity contribution is 6.42. The molecule has 1 aromatic carbocycles. The van der Waals surface area contributed by atoms with Gasteiger partial charge in [0.1, 0.15) is 0 Å². The highest BCUT2D eigenvalue weighted by Crippen LogP contribution is 2.29. The number of aryl methyl sites for hydroxylation is 1. The van der Waals surface area contributed by atoms with E-state index in [0.717, 1.165) is 18.4 Å². The van der Waals surface area contributed by atoms with Crippen molar-refractivity contribution in [2.45, 2.75) is 38.3 Å². The maximum atomic E-state index is 11.7. The molecule has 1 heterocycles. The maximum Gasteiger partial charge on any atom is 0.220 e. The second kappa shape index (κ2) is 5.73. The fraction of sp³-hybridized carbons (Fsp3) is 0.429. The number of hydrogen-bond acceptors (Lipinski definition) is 3. The fourth-order valence-corrected chi connectivity index (χ4v) is 2.61.